The molecule has 0 saturated carbocycles. The van der Waals surface area contributed by atoms with Crippen molar-refractivity contribution in [3.63, 3.8) is 0 Å². The van der Waals surface area contributed by atoms with E-state index in [1.54, 1.807) is 23.1 Å². The number of rotatable bonds is 5. The van der Waals surface area contributed by atoms with Crippen LogP contribution in [0.15, 0.2) is 59.0 Å². The predicted octanol–water partition coefficient (Wildman–Crippen LogP) is 4.36. The number of halogens is 1. The summed E-state index contributed by atoms with van der Waals surface area (Å²) in [6, 6.07) is 14.9. The number of nitro groups is 1. The number of carbonyl (C=O) groups is 2. The summed E-state index contributed by atoms with van der Waals surface area (Å²) in [4.78, 5) is 39.3. The number of benzene rings is 2. The van der Waals surface area contributed by atoms with E-state index in [-0.39, 0.29) is 11.7 Å². The Morgan fingerprint density at radius 1 is 1.03 bits per heavy atom. The highest BCUT2D eigenvalue weighted by Gasteiger charge is 2.26. The minimum Gasteiger partial charge on any atom is -0.395 e. The van der Waals surface area contributed by atoms with E-state index in [2.05, 4.69) is 5.32 Å². The molecular weight excluding hydrogens is 448 g/mol. The Morgan fingerprint density at radius 3 is 2.36 bits per heavy atom. The summed E-state index contributed by atoms with van der Waals surface area (Å²) < 4.78 is 4.98. The van der Waals surface area contributed by atoms with E-state index in [1.807, 2.05) is 36.1 Å². The Morgan fingerprint density at radius 2 is 1.73 bits per heavy atom. The molecule has 170 valence electrons. The summed E-state index contributed by atoms with van der Waals surface area (Å²) in [6.45, 7) is 4.01. The lowest BCUT2D eigenvalue weighted by Gasteiger charge is -2.37. The summed E-state index contributed by atoms with van der Waals surface area (Å²) in [6.07, 6.45) is 0. The van der Waals surface area contributed by atoms with Gasteiger partial charge >= 0.3 is 5.88 Å². The van der Waals surface area contributed by atoms with E-state index >= 15 is 0 Å². The van der Waals surface area contributed by atoms with Crippen molar-refractivity contribution in [3.8, 4) is 0 Å². The standard InChI is InChI=1S/C23H21ClN4O5/c1-15-5-7-16(8-6-15)23(30)27-13-11-26(12-14-27)21-17(24)3-2-4-18(21)25-22(29)19-9-10-20(33-19)28(31)32/h2-10H,11-14H2,1H3,(H,25,29). The molecule has 1 aromatic heterocycles. The van der Waals surface area contributed by atoms with Gasteiger partial charge < -0.3 is 19.5 Å². The van der Waals surface area contributed by atoms with Crippen LogP contribution in [0.2, 0.25) is 5.02 Å². The first-order chi connectivity index (χ1) is 15.8. The van der Waals surface area contributed by atoms with Crippen LogP contribution in [0, 0.1) is 17.0 Å². The molecule has 3 aromatic rings. The number of furan rings is 1. The number of aryl methyl sites for hydroxylation is 1. The molecule has 1 N–H and O–H groups in total. The summed E-state index contributed by atoms with van der Waals surface area (Å²) in [5.41, 5.74) is 2.81. The van der Waals surface area contributed by atoms with Crippen LogP contribution < -0.4 is 10.2 Å². The molecule has 1 saturated heterocycles. The zero-order chi connectivity index (χ0) is 23.5. The molecule has 0 atom stereocenters. The fourth-order valence-corrected chi connectivity index (χ4v) is 3.98. The van der Waals surface area contributed by atoms with Crippen LogP contribution in [0.5, 0.6) is 0 Å². The van der Waals surface area contributed by atoms with Gasteiger partial charge in [-0.05, 0) is 37.3 Å². The van der Waals surface area contributed by atoms with E-state index in [4.69, 9.17) is 16.0 Å². The molecule has 0 spiro atoms. The molecule has 0 radical (unpaired) electrons. The van der Waals surface area contributed by atoms with Gasteiger partial charge in [-0.2, -0.15) is 0 Å². The van der Waals surface area contributed by atoms with Crippen molar-refractivity contribution in [1.29, 1.82) is 0 Å². The average molecular weight is 469 g/mol. The number of nitrogens with one attached hydrogen (secondary N) is 1. The largest absolute Gasteiger partial charge is 0.433 e. The van der Waals surface area contributed by atoms with E-state index < -0.39 is 16.7 Å². The van der Waals surface area contributed by atoms with Crippen LogP contribution in [0.1, 0.15) is 26.5 Å². The van der Waals surface area contributed by atoms with E-state index in [9.17, 15) is 19.7 Å². The molecule has 1 aliphatic heterocycles. The quantitative estimate of drug-likeness (QED) is 0.440. The van der Waals surface area contributed by atoms with E-state index in [0.717, 1.165) is 11.6 Å². The Balaban J connectivity index is 1.47. The lowest BCUT2D eigenvalue weighted by Crippen LogP contribution is -2.49. The Labute approximate surface area is 194 Å². The van der Waals surface area contributed by atoms with Gasteiger partial charge in [0.25, 0.3) is 11.8 Å². The molecule has 2 amide bonds. The van der Waals surface area contributed by atoms with Crippen molar-refractivity contribution in [3.05, 3.63) is 86.6 Å². The van der Waals surface area contributed by atoms with Crippen molar-refractivity contribution in [1.82, 2.24) is 4.90 Å². The van der Waals surface area contributed by atoms with Gasteiger partial charge in [-0.25, -0.2) is 0 Å². The van der Waals surface area contributed by atoms with Gasteiger partial charge in [0.05, 0.1) is 22.5 Å². The van der Waals surface area contributed by atoms with Gasteiger partial charge in [-0.3, -0.25) is 19.7 Å². The van der Waals surface area contributed by atoms with Gasteiger partial charge in [0, 0.05) is 31.7 Å². The third kappa shape index (κ3) is 4.83. The molecular formula is C23H21ClN4O5. The number of amides is 2. The molecule has 2 heterocycles. The van der Waals surface area contributed by atoms with E-state index in [1.165, 1.54) is 6.07 Å². The lowest BCUT2D eigenvalue weighted by molar-refractivity contribution is -0.402. The fraction of sp³-hybridized carbons (Fsp3) is 0.217. The summed E-state index contributed by atoms with van der Waals surface area (Å²) in [5, 5.41) is 14.0. The maximum atomic E-state index is 12.8. The molecule has 0 aliphatic carbocycles. The number of nitrogens with zero attached hydrogens (tertiary/aromatic N) is 3. The second-order valence-corrected chi connectivity index (χ2v) is 8.04. The normalized spacial score (nSPS) is 13.6. The van der Waals surface area contributed by atoms with Crippen LogP contribution in [0.25, 0.3) is 0 Å². The first-order valence-electron chi connectivity index (χ1n) is 10.3. The first kappa shape index (κ1) is 22.3. The van der Waals surface area contributed by atoms with Crippen LogP contribution in [0.3, 0.4) is 0 Å². The minimum atomic E-state index is -0.709. The fourth-order valence-electron chi connectivity index (χ4n) is 3.68. The second-order valence-electron chi connectivity index (χ2n) is 7.63. The molecule has 1 fully saturated rings. The number of piperazine rings is 1. The number of carbonyl (C=O) groups excluding carboxylic acids is 2. The van der Waals surface area contributed by atoms with Gasteiger partial charge in [-0.15, -0.1) is 0 Å². The third-order valence-electron chi connectivity index (χ3n) is 5.41. The molecule has 0 bridgehead atoms. The summed E-state index contributed by atoms with van der Waals surface area (Å²) in [7, 11) is 0. The second kappa shape index (κ2) is 9.33. The number of hydrogen-bond donors (Lipinski definition) is 1. The SMILES string of the molecule is Cc1ccc(C(=O)N2CCN(c3c(Cl)cccc3NC(=O)c3ccc([N+](=O)[O-])o3)CC2)cc1. The first-order valence-corrected chi connectivity index (χ1v) is 10.7. The molecule has 4 rings (SSSR count). The van der Waals surface area contributed by atoms with Crippen molar-refractivity contribution < 1.29 is 18.9 Å². The monoisotopic (exact) mass is 468 g/mol. The van der Waals surface area contributed by atoms with Crippen molar-refractivity contribution >= 4 is 40.7 Å². The number of anilines is 2. The molecule has 10 heteroatoms. The predicted molar refractivity (Wildman–Crippen MR) is 124 cm³/mol. The van der Waals surface area contributed by atoms with Crippen LogP contribution in [0.4, 0.5) is 17.3 Å². The highest BCUT2D eigenvalue weighted by Crippen LogP contribution is 2.35. The number of para-hydroxylation sites is 1. The Kier molecular flexibility index (Phi) is 6.32. The van der Waals surface area contributed by atoms with Crippen LogP contribution >= 0.6 is 11.6 Å². The van der Waals surface area contributed by atoms with Crippen molar-refractivity contribution in [2.75, 3.05) is 36.4 Å². The summed E-state index contributed by atoms with van der Waals surface area (Å²) in [5.74, 6) is -1.34. The molecule has 1 aliphatic rings. The van der Waals surface area contributed by atoms with Gasteiger partial charge in [-0.1, -0.05) is 35.4 Å². The topological polar surface area (TPSA) is 109 Å². The van der Waals surface area contributed by atoms with Crippen molar-refractivity contribution in [2.45, 2.75) is 6.92 Å². The average Bonchev–Trinajstić information content (AvgIpc) is 3.31. The number of hydrogen-bond acceptors (Lipinski definition) is 6. The molecule has 33 heavy (non-hydrogen) atoms. The van der Waals surface area contributed by atoms with Crippen LogP contribution in [-0.4, -0.2) is 47.8 Å². The van der Waals surface area contributed by atoms with Crippen molar-refractivity contribution in [2.24, 2.45) is 0 Å². The minimum absolute atomic E-state index is 0.0262. The summed E-state index contributed by atoms with van der Waals surface area (Å²) >= 11 is 6.46. The third-order valence-corrected chi connectivity index (χ3v) is 5.72. The van der Waals surface area contributed by atoms with Gasteiger partial charge in [0.2, 0.25) is 0 Å². The molecule has 9 nitrogen and oxygen atoms in total. The molecule has 2 aromatic carbocycles. The van der Waals surface area contributed by atoms with Crippen LogP contribution in [-0.2, 0) is 0 Å². The maximum Gasteiger partial charge on any atom is 0.433 e. The molecule has 0 unspecified atom stereocenters. The highest BCUT2D eigenvalue weighted by molar-refractivity contribution is 6.34. The van der Waals surface area contributed by atoms with Gasteiger partial charge in [0.15, 0.2) is 5.76 Å². The Hall–Kier alpha value is -3.85. The highest BCUT2D eigenvalue weighted by atomic mass is 35.5. The smallest absolute Gasteiger partial charge is 0.395 e. The lowest BCUT2D eigenvalue weighted by atomic mass is 10.1. The Bertz CT molecular complexity index is 1200. The zero-order valence-corrected chi connectivity index (χ0v) is 18.5. The van der Waals surface area contributed by atoms with Gasteiger partial charge in [0.1, 0.15) is 4.92 Å². The maximum absolute atomic E-state index is 12.8. The zero-order valence-electron chi connectivity index (χ0n) is 17.8. The van der Waals surface area contributed by atoms with E-state index in [0.29, 0.717) is 48.1 Å².